The molecule has 0 aliphatic rings. The van der Waals surface area contributed by atoms with Crippen LogP contribution in [0.2, 0.25) is 0 Å². The van der Waals surface area contributed by atoms with Crippen molar-refractivity contribution < 1.29 is 14.3 Å². The molecule has 0 fully saturated rings. The molecule has 21 heavy (non-hydrogen) atoms. The number of benzene rings is 2. The summed E-state index contributed by atoms with van der Waals surface area (Å²) in [5.41, 5.74) is 7.59. The predicted molar refractivity (Wildman–Crippen MR) is 82.0 cm³/mol. The van der Waals surface area contributed by atoms with Crippen LogP contribution in [0, 0.1) is 0 Å². The fourth-order valence-corrected chi connectivity index (χ4v) is 2.16. The average molecular weight is 285 g/mol. The van der Waals surface area contributed by atoms with E-state index in [4.69, 9.17) is 15.2 Å². The van der Waals surface area contributed by atoms with Crippen LogP contribution in [0.5, 0.6) is 11.5 Å². The molecule has 0 bridgehead atoms. The highest BCUT2D eigenvalue weighted by Gasteiger charge is 2.18. The van der Waals surface area contributed by atoms with Gasteiger partial charge in [0.1, 0.15) is 0 Å². The Morgan fingerprint density at radius 3 is 2.33 bits per heavy atom. The van der Waals surface area contributed by atoms with Crippen molar-refractivity contribution in [1.82, 2.24) is 0 Å². The zero-order chi connectivity index (χ0) is 15.2. The SMILES string of the molecule is COc1ccc(C(=O)C(N)Cc2ccccc2)cc1OC. The molecule has 0 saturated heterocycles. The molecule has 4 heteroatoms. The molecule has 0 saturated carbocycles. The summed E-state index contributed by atoms with van der Waals surface area (Å²) in [4.78, 5) is 12.4. The van der Waals surface area contributed by atoms with Gasteiger partial charge in [-0.25, -0.2) is 0 Å². The number of carbonyl (C=O) groups is 1. The molecule has 1 atom stereocenters. The maximum Gasteiger partial charge on any atom is 0.179 e. The van der Waals surface area contributed by atoms with Gasteiger partial charge in [-0.3, -0.25) is 4.79 Å². The summed E-state index contributed by atoms with van der Waals surface area (Å²) in [5.74, 6) is 1.00. The van der Waals surface area contributed by atoms with E-state index in [-0.39, 0.29) is 5.78 Å². The Kier molecular flexibility index (Phi) is 4.95. The monoisotopic (exact) mass is 285 g/mol. The molecule has 0 spiro atoms. The second-order valence-electron chi connectivity index (χ2n) is 4.73. The summed E-state index contributed by atoms with van der Waals surface area (Å²) < 4.78 is 10.4. The molecule has 110 valence electrons. The van der Waals surface area contributed by atoms with Crippen LogP contribution in [0.25, 0.3) is 0 Å². The Bertz CT molecular complexity index is 611. The lowest BCUT2D eigenvalue weighted by molar-refractivity contribution is 0.0960. The summed E-state index contributed by atoms with van der Waals surface area (Å²) in [6.45, 7) is 0. The van der Waals surface area contributed by atoms with Crippen molar-refractivity contribution in [2.45, 2.75) is 12.5 Å². The number of rotatable bonds is 6. The topological polar surface area (TPSA) is 61.5 Å². The molecule has 2 rings (SSSR count). The van der Waals surface area contributed by atoms with Gasteiger partial charge in [-0.05, 0) is 30.2 Å². The first-order valence-electron chi connectivity index (χ1n) is 6.71. The van der Waals surface area contributed by atoms with Crippen LogP contribution >= 0.6 is 0 Å². The molecule has 0 heterocycles. The third-order valence-electron chi connectivity index (χ3n) is 3.30. The van der Waals surface area contributed by atoms with Gasteiger partial charge in [0.05, 0.1) is 20.3 Å². The average Bonchev–Trinajstić information content (AvgIpc) is 2.54. The second kappa shape index (κ2) is 6.90. The minimum absolute atomic E-state index is 0.111. The lowest BCUT2D eigenvalue weighted by Gasteiger charge is -2.13. The van der Waals surface area contributed by atoms with Crippen molar-refractivity contribution in [2.75, 3.05) is 14.2 Å². The van der Waals surface area contributed by atoms with Crippen molar-refractivity contribution in [3.8, 4) is 11.5 Å². The molecule has 4 nitrogen and oxygen atoms in total. The van der Waals surface area contributed by atoms with Crippen molar-refractivity contribution in [3.05, 3.63) is 59.7 Å². The number of hydrogen-bond acceptors (Lipinski definition) is 4. The van der Waals surface area contributed by atoms with Gasteiger partial charge in [-0.2, -0.15) is 0 Å². The third kappa shape index (κ3) is 3.61. The van der Waals surface area contributed by atoms with Crippen LogP contribution in [0.15, 0.2) is 48.5 Å². The summed E-state index contributed by atoms with van der Waals surface area (Å²) in [5, 5.41) is 0. The predicted octanol–water partition coefficient (Wildman–Crippen LogP) is 2.46. The van der Waals surface area contributed by atoms with Gasteiger partial charge in [0, 0.05) is 5.56 Å². The lowest BCUT2D eigenvalue weighted by atomic mass is 9.98. The Hall–Kier alpha value is -2.33. The van der Waals surface area contributed by atoms with E-state index < -0.39 is 6.04 Å². The van der Waals surface area contributed by atoms with Gasteiger partial charge in [-0.1, -0.05) is 30.3 Å². The van der Waals surface area contributed by atoms with Gasteiger partial charge in [0.2, 0.25) is 0 Å². The van der Waals surface area contributed by atoms with E-state index in [2.05, 4.69) is 0 Å². The Morgan fingerprint density at radius 2 is 1.71 bits per heavy atom. The lowest BCUT2D eigenvalue weighted by Crippen LogP contribution is -2.32. The summed E-state index contributed by atoms with van der Waals surface area (Å²) in [7, 11) is 3.09. The Labute approximate surface area is 124 Å². The van der Waals surface area contributed by atoms with Crippen LogP contribution in [-0.2, 0) is 6.42 Å². The Balaban J connectivity index is 2.15. The molecule has 2 N–H and O–H groups in total. The number of nitrogens with two attached hydrogens (primary N) is 1. The standard InChI is InChI=1S/C17H19NO3/c1-20-15-9-8-13(11-16(15)21-2)17(19)14(18)10-12-6-4-3-5-7-12/h3-9,11,14H,10,18H2,1-2H3. The number of ether oxygens (including phenoxy) is 2. The van der Waals surface area contributed by atoms with Crippen molar-refractivity contribution >= 4 is 5.78 Å². The van der Waals surface area contributed by atoms with E-state index in [0.717, 1.165) is 5.56 Å². The zero-order valence-electron chi connectivity index (χ0n) is 12.2. The van der Waals surface area contributed by atoms with Crippen LogP contribution in [0.4, 0.5) is 0 Å². The van der Waals surface area contributed by atoms with E-state index in [1.807, 2.05) is 30.3 Å². The van der Waals surface area contributed by atoms with Crippen LogP contribution in [0.1, 0.15) is 15.9 Å². The fourth-order valence-electron chi connectivity index (χ4n) is 2.16. The third-order valence-corrected chi connectivity index (χ3v) is 3.30. The van der Waals surface area contributed by atoms with E-state index in [9.17, 15) is 4.79 Å². The van der Waals surface area contributed by atoms with E-state index in [0.29, 0.717) is 23.5 Å². The van der Waals surface area contributed by atoms with Gasteiger partial charge >= 0.3 is 0 Å². The normalized spacial score (nSPS) is 11.8. The summed E-state index contributed by atoms with van der Waals surface area (Å²) >= 11 is 0. The number of Topliss-reactive ketones (excluding diaryl/α,β-unsaturated/α-hetero) is 1. The molecule has 0 aliphatic carbocycles. The first-order valence-corrected chi connectivity index (χ1v) is 6.71. The van der Waals surface area contributed by atoms with Crippen LogP contribution in [-0.4, -0.2) is 26.0 Å². The molecule has 0 aromatic heterocycles. The smallest absolute Gasteiger partial charge is 0.179 e. The van der Waals surface area contributed by atoms with Crippen molar-refractivity contribution in [2.24, 2.45) is 5.73 Å². The van der Waals surface area contributed by atoms with E-state index >= 15 is 0 Å². The Morgan fingerprint density at radius 1 is 1.05 bits per heavy atom. The summed E-state index contributed by atoms with van der Waals surface area (Å²) in [6, 6.07) is 14.2. The molecule has 2 aromatic carbocycles. The highest BCUT2D eigenvalue weighted by molar-refractivity contribution is 6.00. The van der Waals surface area contributed by atoms with Crippen LogP contribution < -0.4 is 15.2 Å². The molecule has 1 unspecified atom stereocenters. The zero-order valence-corrected chi connectivity index (χ0v) is 12.2. The number of hydrogen-bond donors (Lipinski definition) is 1. The van der Waals surface area contributed by atoms with Gasteiger partial charge in [0.25, 0.3) is 0 Å². The molecule has 2 aromatic rings. The van der Waals surface area contributed by atoms with Crippen molar-refractivity contribution in [1.29, 1.82) is 0 Å². The van der Waals surface area contributed by atoms with E-state index in [1.165, 1.54) is 7.11 Å². The molecule has 0 radical (unpaired) electrons. The molecular formula is C17H19NO3. The largest absolute Gasteiger partial charge is 0.493 e. The van der Waals surface area contributed by atoms with E-state index in [1.54, 1.807) is 25.3 Å². The number of methoxy groups -OCH3 is 2. The van der Waals surface area contributed by atoms with Crippen LogP contribution in [0.3, 0.4) is 0 Å². The minimum atomic E-state index is -0.578. The van der Waals surface area contributed by atoms with Gasteiger partial charge in [0.15, 0.2) is 17.3 Å². The molecular weight excluding hydrogens is 266 g/mol. The number of ketones is 1. The van der Waals surface area contributed by atoms with Crippen molar-refractivity contribution in [3.63, 3.8) is 0 Å². The molecule has 0 aliphatic heterocycles. The maximum absolute atomic E-state index is 12.4. The quantitative estimate of drug-likeness (QED) is 0.828. The first kappa shape index (κ1) is 15.1. The van der Waals surface area contributed by atoms with Gasteiger partial charge < -0.3 is 15.2 Å². The first-order chi connectivity index (χ1) is 10.2. The van der Waals surface area contributed by atoms with Gasteiger partial charge in [-0.15, -0.1) is 0 Å². The maximum atomic E-state index is 12.4. The minimum Gasteiger partial charge on any atom is -0.493 e. The number of carbonyl (C=O) groups excluding carboxylic acids is 1. The second-order valence-corrected chi connectivity index (χ2v) is 4.73. The molecule has 0 amide bonds. The fraction of sp³-hybridized carbons (Fsp3) is 0.235. The highest BCUT2D eigenvalue weighted by Crippen LogP contribution is 2.28. The summed E-state index contributed by atoms with van der Waals surface area (Å²) in [6.07, 6.45) is 0.508. The highest BCUT2D eigenvalue weighted by atomic mass is 16.5.